The van der Waals surface area contributed by atoms with Crippen LogP contribution in [0.4, 0.5) is 0 Å². The van der Waals surface area contributed by atoms with E-state index in [1.807, 2.05) is 6.92 Å². The molecule has 26 heteroatoms. The lowest BCUT2D eigenvalue weighted by atomic mass is 9.88. The molecule has 0 saturated heterocycles. The van der Waals surface area contributed by atoms with Gasteiger partial charge in [-0.1, -0.05) is 26.7 Å². The first kappa shape index (κ1) is 75.0. The largest absolute Gasteiger partial charge is 0.394 e. The summed E-state index contributed by atoms with van der Waals surface area (Å²) in [5.74, 6) is -0.450. The Morgan fingerprint density at radius 1 is 0.250 bits per heavy atom. The van der Waals surface area contributed by atoms with E-state index < -0.39 is 113 Å². The zero-order chi connectivity index (χ0) is 56.8. The molecular weight excluding hydrogens is 1020 g/mol. The van der Waals surface area contributed by atoms with E-state index >= 15 is 0 Å². The van der Waals surface area contributed by atoms with Crippen molar-refractivity contribution in [2.75, 3.05) is 172 Å². The summed E-state index contributed by atoms with van der Waals surface area (Å²) in [5, 5.41) is 144. The van der Waals surface area contributed by atoms with E-state index in [4.69, 9.17) is 52.1 Å². The second-order valence-electron chi connectivity index (χ2n) is 19.5. The van der Waals surface area contributed by atoms with Crippen molar-refractivity contribution < 1.29 is 129 Å². The predicted molar refractivity (Wildman–Crippen MR) is 271 cm³/mol. The van der Waals surface area contributed by atoms with E-state index in [0.717, 1.165) is 6.42 Å². The molecule has 0 aliphatic carbocycles. The topological polar surface area (TPSA) is 405 Å². The molecule has 0 rings (SSSR count). The van der Waals surface area contributed by atoms with Crippen LogP contribution in [-0.4, -0.2) is 316 Å². The minimum atomic E-state index is -1.12. The Morgan fingerprint density at radius 3 is 0.737 bits per heavy atom. The van der Waals surface area contributed by atoms with E-state index in [2.05, 4.69) is 6.92 Å². The minimum Gasteiger partial charge on any atom is -0.394 e. The molecule has 0 aromatic rings. The maximum absolute atomic E-state index is 10.1. The summed E-state index contributed by atoms with van der Waals surface area (Å²) in [6.45, 7) is 0.114. The summed E-state index contributed by atoms with van der Waals surface area (Å²) in [6.07, 6.45) is -6.18. The molecule has 0 heterocycles. The van der Waals surface area contributed by atoms with Gasteiger partial charge >= 0.3 is 0 Å². The van der Waals surface area contributed by atoms with Crippen LogP contribution in [0, 0.1) is 23.7 Å². The van der Waals surface area contributed by atoms with Gasteiger partial charge in [0.25, 0.3) is 0 Å². The van der Waals surface area contributed by atoms with Gasteiger partial charge in [-0.25, -0.2) is 0 Å². The fraction of sp³-hybridized carbons (Fsp3) is 1.00. The zero-order valence-corrected chi connectivity index (χ0v) is 45.2. The third kappa shape index (κ3) is 43.7. The van der Waals surface area contributed by atoms with Crippen LogP contribution in [0.5, 0.6) is 0 Å². The van der Waals surface area contributed by atoms with Gasteiger partial charge in [-0.2, -0.15) is 0 Å². The molecule has 26 nitrogen and oxygen atoms in total. The van der Waals surface area contributed by atoms with Crippen LogP contribution in [0.15, 0.2) is 0 Å². The Bertz CT molecular complexity index is 991. The van der Waals surface area contributed by atoms with Gasteiger partial charge in [-0.15, -0.1) is 0 Å². The molecule has 0 aromatic carbocycles. The highest BCUT2D eigenvalue weighted by Crippen LogP contribution is 2.26. The van der Waals surface area contributed by atoms with Gasteiger partial charge in [0.15, 0.2) is 0 Å². The van der Waals surface area contributed by atoms with Crippen molar-refractivity contribution in [1.82, 2.24) is 0 Å². The van der Waals surface area contributed by atoms with Crippen molar-refractivity contribution in [3.63, 3.8) is 0 Å². The molecule has 0 radical (unpaired) electrons. The summed E-state index contributed by atoms with van der Waals surface area (Å²) in [4.78, 5) is 0. The third-order valence-electron chi connectivity index (χ3n) is 11.8. The quantitative estimate of drug-likeness (QED) is 0.0272. The zero-order valence-electron chi connectivity index (χ0n) is 45.2. The van der Waals surface area contributed by atoms with Crippen molar-refractivity contribution in [1.29, 1.82) is 0 Å². The highest BCUT2D eigenvalue weighted by molar-refractivity contribution is 4.72. The average molecular weight is 1120 g/mol. The lowest BCUT2D eigenvalue weighted by molar-refractivity contribution is -0.113. The summed E-state index contributed by atoms with van der Waals surface area (Å²) in [5.41, 5.74) is 0. The van der Waals surface area contributed by atoms with Crippen molar-refractivity contribution in [3.8, 4) is 0 Å². The van der Waals surface area contributed by atoms with Crippen LogP contribution < -0.4 is 0 Å². The fourth-order valence-electron chi connectivity index (χ4n) is 6.89. The first-order valence-corrected chi connectivity index (χ1v) is 26.7. The van der Waals surface area contributed by atoms with Gasteiger partial charge in [-0.05, 0) is 43.9 Å². The maximum atomic E-state index is 10.1. The average Bonchev–Trinajstić information content (AvgIpc) is 3.42. The standard InChI is InChI=1S/C50H102O26/c1-3-40(58)22-68-30-49(33-71-27-45(63)14-55)75-20-39(21-76-50(34-72-28-46(64)15-56)35-73-29-47(65)16-57)7-5-36(2)4-6-37(8-9-38(17-66-23-41(59)10-51)18-67-24-42(60)11-52)19-74-48(31-69-25-43(61)12-53)32-70-26-44(62)13-54/h36-65H,3-35H2,1-2H3. The van der Waals surface area contributed by atoms with Crippen LogP contribution >= 0.6 is 0 Å². The van der Waals surface area contributed by atoms with Crippen LogP contribution in [0.3, 0.4) is 0 Å². The van der Waals surface area contributed by atoms with E-state index in [1.54, 1.807) is 0 Å². The lowest BCUT2D eigenvalue weighted by Crippen LogP contribution is -2.34. The number of hydrogen-bond acceptors (Lipinski definition) is 26. The maximum Gasteiger partial charge on any atom is 0.104 e. The number of aliphatic hydroxyl groups is 15. The summed E-state index contributed by atoms with van der Waals surface area (Å²) >= 11 is 0. The van der Waals surface area contributed by atoms with E-state index in [0.29, 0.717) is 38.5 Å². The van der Waals surface area contributed by atoms with Crippen molar-refractivity contribution in [2.45, 2.75) is 126 Å². The first-order chi connectivity index (χ1) is 36.5. The van der Waals surface area contributed by atoms with Gasteiger partial charge in [0, 0.05) is 18.4 Å². The molecule has 0 amide bonds. The molecule has 12 atom stereocenters. The molecule has 0 saturated carbocycles. The molecule has 458 valence electrons. The second-order valence-corrected chi connectivity index (χ2v) is 19.5. The first-order valence-electron chi connectivity index (χ1n) is 26.7. The van der Waals surface area contributed by atoms with Crippen LogP contribution in [0.25, 0.3) is 0 Å². The van der Waals surface area contributed by atoms with Gasteiger partial charge in [0.1, 0.15) is 61.0 Å². The van der Waals surface area contributed by atoms with E-state index in [9.17, 15) is 76.6 Å². The number of aliphatic hydroxyl groups excluding tert-OH is 15. The molecule has 0 aromatic heterocycles. The predicted octanol–water partition coefficient (Wildman–Crippen LogP) is -4.66. The molecule has 76 heavy (non-hydrogen) atoms. The summed E-state index contributed by atoms with van der Waals surface area (Å²) in [6, 6.07) is 0. The fourth-order valence-corrected chi connectivity index (χ4v) is 6.89. The van der Waals surface area contributed by atoms with E-state index in [1.165, 1.54) is 0 Å². The monoisotopic (exact) mass is 1120 g/mol. The smallest absolute Gasteiger partial charge is 0.104 e. The Kier molecular flexibility index (Phi) is 50.2. The molecular formula is C50H102O26. The number of hydrogen-bond donors (Lipinski definition) is 15. The third-order valence-corrected chi connectivity index (χ3v) is 11.8. The van der Waals surface area contributed by atoms with Crippen LogP contribution in [0.2, 0.25) is 0 Å². The highest BCUT2D eigenvalue weighted by atomic mass is 16.6. The lowest BCUT2D eigenvalue weighted by Gasteiger charge is -2.27. The van der Waals surface area contributed by atoms with Crippen molar-refractivity contribution in [3.05, 3.63) is 0 Å². The number of rotatable bonds is 58. The molecule has 0 fully saturated rings. The van der Waals surface area contributed by atoms with E-state index in [-0.39, 0.29) is 149 Å². The van der Waals surface area contributed by atoms with Gasteiger partial charge in [0.05, 0.1) is 171 Å². The Hall–Kier alpha value is -1.04. The van der Waals surface area contributed by atoms with Crippen molar-refractivity contribution >= 4 is 0 Å². The Balaban J connectivity index is 6.53. The summed E-state index contributed by atoms with van der Waals surface area (Å²) < 4.78 is 64.2. The second kappa shape index (κ2) is 50.9. The van der Waals surface area contributed by atoms with Gasteiger partial charge in [0.2, 0.25) is 0 Å². The Labute approximate surface area is 449 Å². The SMILES string of the molecule is CCC(O)COCC(COCC(O)CO)OCC(CCC(C)CCC(CCC(COCC(O)CO)COCC(O)CO)COC(COCC(O)CO)COCC(O)CO)COC(COCC(O)CO)COCC(O)CO. The van der Waals surface area contributed by atoms with Gasteiger partial charge in [-0.3, -0.25) is 0 Å². The molecule has 0 bridgehead atoms. The molecule has 0 aliphatic rings. The molecule has 0 spiro atoms. The van der Waals surface area contributed by atoms with Crippen molar-refractivity contribution in [2.24, 2.45) is 23.7 Å². The molecule has 12 unspecified atom stereocenters. The summed E-state index contributed by atoms with van der Waals surface area (Å²) in [7, 11) is 0. The minimum absolute atomic E-state index is 0.0000592. The van der Waals surface area contributed by atoms with Crippen LogP contribution in [0.1, 0.15) is 58.8 Å². The molecule has 0 aliphatic heterocycles. The normalized spacial score (nSPS) is 18.3. The van der Waals surface area contributed by atoms with Gasteiger partial charge < -0.3 is 129 Å². The number of ether oxygens (including phenoxy) is 11. The molecule has 15 N–H and O–H groups in total. The highest BCUT2D eigenvalue weighted by Gasteiger charge is 2.24. The Morgan fingerprint density at radius 2 is 0.461 bits per heavy atom. The van der Waals surface area contributed by atoms with Crippen LogP contribution in [-0.2, 0) is 52.1 Å².